The van der Waals surface area contributed by atoms with Crippen LogP contribution in [0.1, 0.15) is 5.56 Å². The van der Waals surface area contributed by atoms with Crippen LogP contribution in [-0.2, 0) is 0 Å². The highest BCUT2D eigenvalue weighted by atomic mass is 28.4. The molecule has 28 heavy (non-hydrogen) atoms. The molecule has 0 aromatic heterocycles. The molecule has 0 aliphatic carbocycles. The van der Waals surface area contributed by atoms with Crippen LogP contribution in [0.25, 0.3) is 6.08 Å². The van der Waals surface area contributed by atoms with Gasteiger partial charge in [0.2, 0.25) is 0 Å². The zero-order valence-electron chi connectivity index (χ0n) is 15.7. The van der Waals surface area contributed by atoms with Gasteiger partial charge in [0.05, 0.1) is 0 Å². The van der Waals surface area contributed by atoms with Crippen LogP contribution in [0, 0.1) is 0 Å². The summed E-state index contributed by atoms with van der Waals surface area (Å²) in [6.45, 7) is 3.90. The van der Waals surface area contributed by atoms with Crippen LogP contribution in [0.15, 0.2) is 122 Å². The normalized spacial score (nSPS) is 11.0. The molecule has 0 aliphatic heterocycles. The first-order valence-corrected chi connectivity index (χ1v) is 11.3. The molecule has 4 rings (SSSR count). The predicted molar refractivity (Wildman–Crippen MR) is 121 cm³/mol. The molecule has 2 heteroatoms. The summed E-state index contributed by atoms with van der Waals surface area (Å²) in [5, 5.41) is 3.66. The molecule has 0 fully saturated rings. The van der Waals surface area contributed by atoms with Crippen molar-refractivity contribution in [2.75, 3.05) is 0 Å². The van der Waals surface area contributed by atoms with Crippen LogP contribution >= 0.6 is 0 Å². The van der Waals surface area contributed by atoms with E-state index in [-0.39, 0.29) is 0 Å². The van der Waals surface area contributed by atoms with Gasteiger partial charge in [0.15, 0.2) is 0 Å². The van der Waals surface area contributed by atoms with E-state index in [1.54, 1.807) is 0 Å². The Kier molecular flexibility index (Phi) is 5.22. The summed E-state index contributed by atoms with van der Waals surface area (Å²) < 4.78 is 6.99. The predicted octanol–water partition coefficient (Wildman–Crippen LogP) is 4.38. The van der Waals surface area contributed by atoms with Gasteiger partial charge in [-0.15, -0.1) is 0 Å². The molecule has 0 atom stereocenters. The molecule has 0 amide bonds. The van der Waals surface area contributed by atoms with Crippen LogP contribution in [0.5, 0.6) is 5.75 Å². The van der Waals surface area contributed by atoms with Gasteiger partial charge >= 0.3 is 8.32 Å². The van der Waals surface area contributed by atoms with Crippen molar-refractivity contribution in [3.63, 3.8) is 0 Å². The molecule has 0 aliphatic rings. The molecular formula is C26H22OSi. The van der Waals surface area contributed by atoms with Crippen molar-refractivity contribution in [2.24, 2.45) is 0 Å². The quantitative estimate of drug-likeness (QED) is 0.357. The van der Waals surface area contributed by atoms with Crippen LogP contribution in [0.3, 0.4) is 0 Å². The molecule has 0 saturated carbocycles. The van der Waals surface area contributed by atoms with Gasteiger partial charge in [0, 0.05) is 0 Å². The fourth-order valence-corrected chi connectivity index (χ4v) is 7.40. The van der Waals surface area contributed by atoms with Crippen LogP contribution < -0.4 is 20.0 Å². The van der Waals surface area contributed by atoms with E-state index >= 15 is 0 Å². The summed E-state index contributed by atoms with van der Waals surface area (Å²) in [4.78, 5) is 0. The van der Waals surface area contributed by atoms with E-state index in [2.05, 4.69) is 104 Å². The van der Waals surface area contributed by atoms with Crippen molar-refractivity contribution in [1.82, 2.24) is 0 Å². The fraction of sp³-hybridized carbons (Fsp3) is 0. The Hall–Kier alpha value is -3.36. The molecule has 0 radical (unpaired) electrons. The van der Waals surface area contributed by atoms with Crippen molar-refractivity contribution < 1.29 is 4.43 Å². The molecule has 0 unspecified atom stereocenters. The summed E-state index contributed by atoms with van der Waals surface area (Å²) >= 11 is 0. The molecule has 0 heterocycles. The van der Waals surface area contributed by atoms with Crippen molar-refractivity contribution >= 4 is 30.0 Å². The zero-order chi connectivity index (χ0) is 19.2. The Morgan fingerprint density at radius 3 is 1.46 bits per heavy atom. The van der Waals surface area contributed by atoms with Gasteiger partial charge in [0.25, 0.3) is 0 Å². The molecule has 0 N–H and O–H groups in total. The maximum absolute atomic E-state index is 6.99. The summed E-state index contributed by atoms with van der Waals surface area (Å²) in [6.07, 6.45) is 1.85. The van der Waals surface area contributed by atoms with Gasteiger partial charge in [-0.2, -0.15) is 0 Å². The van der Waals surface area contributed by atoms with Crippen molar-refractivity contribution in [1.29, 1.82) is 0 Å². The largest absolute Gasteiger partial charge is 0.530 e. The van der Waals surface area contributed by atoms with Crippen LogP contribution in [-0.4, -0.2) is 8.32 Å². The van der Waals surface area contributed by atoms with E-state index in [1.165, 1.54) is 15.6 Å². The van der Waals surface area contributed by atoms with Gasteiger partial charge in [-0.1, -0.05) is 116 Å². The van der Waals surface area contributed by atoms with Crippen LogP contribution in [0.2, 0.25) is 0 Å². The second-order valence-electron chi connectivity index (χ2n) is 6.66. The van der Waals surface area contributed by atoms with Crippen molar-refractivity contribution in [3.8, 4) is 5.75 Å². The highest BCUT2D eigenvalue weighted by molar-refractivity contribution is 7.07. The lowest BCUT2D eigenvalue weighted by atomic mass is 10.2. The molecule has 4 aromatic rings. The van der Waals surface area contributed by atoms with Gasteiger partial charge < -0.3 is 4.43 Å². The highest BCUT2D eigenvalue weighted by Gasteiger charge is 2.43. The Morgan fingerprint density at radius 2 is 1.04 bits per heavy atom. The minimum Gasteiger partial charge on any atom is -0.530 e. The Morgan fingerprint density at radius 1 is 0.571 bits per heavy atom. The van der Waals surface area contributed by atoms with Gasteiger partial charge in [-0.25, -0.2) is 0 Å². The van der Waals surface area contributed by atoms with Gasteiger partial charge in [-0.05, 0) is 33.3 Å². The van der Waals surface area contributed by atoms with E-state index in [4.69, 9.17) is 4.43 Å². The third-order valence-corrected chi connectivity index (χ3v) is 8.89. The fourth-order valence-electron chi connectivity index (χ4n) is 3.58. The zero-order valence-corrected chi connectivity index (χ0v) is 16.7. The first-order valence-electron chi connectivity index (χ1n) is 9.41. The minimum absolute atomic E-state index is 0.862. The molecule has 4 aromatic carbocycles. The van der Waals surface area contributed by atoms with Crippen molar-refractivity contribution in [2.45, 2.75) is 0 Å². The highest BCUT2D eigenvalue weighted by Crippen LogP contribution is 2.19. The number of hydrogen-bond acceptors (Lipinski definition) is 1. The maximum atomic E-state index is 6.99. The third-order valence-electron chi connectivity index (χ3n) is 4.91. The second kappa shape index (κ2) is 8.11. The Labute approximate surface area is 167 Å². The summed E-state index contributed by atoms with van der Waals surface area (Å²) in [5.41, 5.74) is 1.05. The summed E-state index contributed by atoms with van der Waals surface area (Å²) in [7, 11) is -2.73. The standard InChI is InChI=1S/C26H22OSi/c1-2-22-13-12-14-23(21-22)27-28(24-15-6-3-7-16-24,25-17-8-4-9-18-25)26-19-10-5-11-20-26/h2-21H,1H2. The number of benzene rings is 4. The Bertz CT molecular complexity index is 947. The first-order chi connectivity index (χ1) is 13.8. The molecule has 1 nitrogen and oxygen atoms in total. The third kappa shape index (κ3) is 3.42. The molecule has 136 valence electrons. The average molecular weight is 379 g/mol. The average Bonchev–Trinajstić information content (AvgIpc) is 2.79. The SMILES string of the molecule is C=Cc1cccc(O[Si](c2ccccc2)(c2ccccc2)c2ccccc2)c1. The maximum Gasteiger partial charge on any atom is 0.346 e. The summed E-state index contributed by atoms with van der Waals surface area (Å²) in [5.74, 6) is 0.862. The molecule has 0 bridgehead atoms. The lowest BCUT2D eigenvalue weighted by molar-refractivity contribution is 0.577. The topological polar surface area (TPSA) is 9.23 Å². The van der Waals surface area contributed by atoms with Crippen molar-refractivity contribution in [3.05, 3.63) is 127 Å². The van der Waals surface area contributed by atoms with E-state index in [0.717, 1.165) is 11.3 Å². The van der Waals surface area contributed by atoms with E-state index in [0.29, 0.717) is 0 Å². The molecule has 0 saturated heterocycles. The lowest BCUT2D eigenvalue weighted by Gasteiger charge is -2.33. The summed E-state index contributed by atoms with van der Waals surface area (Å²) in [6, 6.07) is 39.9. The van der Waals surface area contributed by atoms with Gasteiger partial charge in [-0.3, -0.25) is 0 Å². The van der Waals surface area contributed by atoms with E-state index in [1.807, 2.05) is 24.3 Å². The smallest absolute Gasteiger partial charge is 0.346 e. The number of rotatable bonds is 6. The first kappa shape index (κ1) is 18.0. The number of hydrogen-bond donors (Lipinski definition) is 0. The second-order valence-corrected chi connectivity index (χ2v) is 9.96. The van der Waals surface area contributed by atoms with E-state index < -0.39 is 8.32 Å². The molecule has 0 spiro atoms. The Balaban J connectivity index is 1.99. The van der Waals surface area contributed by atoms with Gasteiger partial charge in [0.1, 0.15) is 5.75 Å². The minimum atomic E-state index is -2.73. The lowest BCUT2D eigenvalue weighted by Crippen LogP contribution is -2.71. The van der Waals surface area contributed by atoms with Crippen LogP contribution in [0.4, 0.5) is 0 Å². The van der Waals surface area contributed by atoms with E-state index in [9.17, 15) is 0 Å². The molecular weight excluding hydrogens is 356 g/mol. The monoisotopic (exact) mass is 378 g/mol.